The fraction of sp³-hybridized carbons (Fsp3) is 0.250. The van der Waals surface area contributed by atoms with Gasteiger partial charge in [0.05, 0.1) is 18.3 Å². The molecule has 164 valence electrons. The van der Waals surface area contributed by atoms with Crippen molar-refractivity contribution in [3.63, 3.8) is 0 Å². The molecule has 5 rings (SSSR count). The highest BCUT2D eigenvalue weighted by molar-refractivity contribution is 5.80. The SMILES string of the molecule is Cc1ncc(-c2ccc(N3CCN(C(=O)NCc4cc5ccccc5[nH]4)CC3)cc2O)o1. The third kappa shape index (κ3) is 3.99. The lowest BCUT2D eigenvalue weighted by atomic mass is 10.1. The number of fused-ring (bicyclic) bond motifs is 1. The van der Waals surface area contributed by atoms with Gasteiger partial charge in [0.1, 0.15) is 5.75 Å². The number of rotatable bonds is 4. The Morgan fingerprint density at radius 3 is 2.69 bits per heavy atom. The summed E-state index contributed by atoms with van der Waals surface area (Å²) in [6.45, 7) is 4.85. The zero-order valence-corrected chi connectivity index (χ0v) is 17.8. The van der Waals surface area contributed by atoms with Crippen molar-refractivity contribution >= 4 is 22.6 Å². The summed E-state index contributed by atoms with van der Waals surface area (Å²) in [5.41, 5.74) is 3.58. The molecule has 4 aromatic rings. The smallest absolute Gasteiger partial charge is 0.317 e. The van der Waals surface area contributed by atoms with E-state index in [4.69, 9.17) is 4.42 Å². The van der Waals surface area contributed by atoms with Gasteiger partial charge in [-0.05, 0) is 29.7 Å². The van der Waals surface area contributed by atoms with Gasteiger partial charge in [0.15, 0.2) is 11.7 Å². The maximum absolute atomic E-state index is 12.6. The topological polar surface area (TPSA) is 97.6 Å². The van der Waals surface area contributed by atoms with Crippen LogP contribution in [-0.2, 0) is 6.54 Å². The Morgan fingerprint density at radius 2 is 1.97 bits per heavy atom. The van der Waals surface area contributed by atoms with Gasteiger partial charge in [0.2, 0.25) is 0 Å². The van der Waals surface area contributed by atoms with E-state index >= 15 is 0 Å². The van der Waals surface area contributed by atoms with Crippen LogP contribution in [0.3, 0.4) is 0 Å². The number of oxazole rings is 1. The average molecular weight is 431 g/mol. The molecule has 8 heteroatoms. The number of aromatic nitrogens is 2. The van der Waals surface area contributed by atoms with Gasteiger partial charge in [-0.15, -0.1) is 0 Å². The van der Waals surface area contributed by atoms with Crippen molar-refractivity contribution in [2.75, 3.05) is 31.1 Å². The monoisotopic (exact) mass is 431 g/mol. The van der Waals surface area contributed by atoms with Crippen molar-refractivity contribution in [3.05, 3.63) is 66.3 Å². The number of phenolic OH excluding ortho intramolecular Hbond substituents is 1. The van der Waals surface area contributed by atoms with Crippen LogP contribution in [-0.4, -0.2) is 52.2 Å². The predicted molar refractivity (Wildman–Crippen MR) is 123 cm³/mol. The van der Waals surface area contributed by atoms with Gasteiger partial charge in [0.25, 0.3) is 0 Å². The van der Waals surface area contributed by atoms with Crippen molar-refractivity contribution in [3.8, 4) is 17.1 Å². The molecule has 0 atom stereocenters. The number of amides is 2. The number of para-hydroxylation sites is 1. The molecule has 1 aliphatic heterocycles. The van der Waals surface area contributed by atoms with E-state index < -0.39 is 0 Å². The number of phenols is 1. The largest absolute Gasteiger partial charge is 0.507 e. The van der Waals surface area contributed by atoms with Crippen molar-refractivity contribution in [2.24, 2.45) is 0 Å². The molecule has 0 radical (unpaired) electrons. The number of hydrogen-bond donors (Lipinski definition) is 3. The van der Waals surface area contributed by atoms with Gasteiger partial charge in [-0.2, -0.15) is 0 Å². The molecule has 3 heterocycles. The summed E-state index contributed by atoms with van der Waals surface area (Å²) >= 11 is 0. The summed E-state index contributed by atoms with van der Waals surface area (Å²) in [5, 5.41) is 14.6. The van der Waals surface area contributed by atoms with E-state index in [1.54, 1.807) is 19.2 Å². The standard InChI is InChI=1S/C24H25N5O3/c1-16-25-15-23(32-16)20-7-6-19(13-22(20)30)28-8-10-29(11-9-28)24(31)26-14-18-12-17-4-2-3-5-21(17)27-18/h2-7,12-13,15,27,30H,8-11,14H2,1H3,(H,26,31). The molecular weight excluding hydrogens is 406 g/mol. The molecule has 32 heavy (non-hydrogen) atoms. The van der Waals surface area contributed by atoms with Crippen molar-refractivity contribution < 1.29 is 14.3 Å². The maximum atomic E-state index is 12.6. The Bertz CT molecular complexity index is 1220. The second-order valence-corrected chi connectivity index (χ2v) is 7.96. The van der Waals surface area contributed by atoms with Gasteiger partial charge >= 0.3 is 6.03 Å². The number of aryl methyl sites for hydroxylation is 1. The number of urea groups is 1. The third-order valence-corrected chi connectivity index (χ3v) is 5.82. The van der Waals surface area contributed by atoms with Crippen LogP contribution in [0, 0.1) is 6.92 Å². The summed E-state index contributed by atoms with van der Waals surface area (Å²) in [6.07, 6.45) is 1.61. The van der Waals surface area contributed by atoms with Gasteiger partial charge in [-0.1, -0.05) is 18.2 Å². The van der Waals surface area contributed by atoms with Crippen molar-refractivity contribution in [2.45, 2.75) is 13.5 Å². The molecule has 1 fully saturated rings. The first-order chi connectivity index (χ1) is 15.6. The lowest BCUT2D eigenvalue weighted by Crippen LogP contribution is -2.51. The van der Waals surface area contributed by atoms with Crippen LogP contribution in [0.25, 0.3) is 22.2 Å². The molecule has 1 saturated heterocycles. The Kier molecular flexibility index (Phi) is 5.18. The summed E-state index contributed by atoms with van der Waals surface area (Å²) in [4.78, 5) is 24.0. The second-order valence-electron chi connectivity index (χ2n) is 7.96. The first-order valence-corrected chi connectivity index (χ1v) is 10.7. The second kappa shape index (κ2) is 8.30. The van der Waals surface area contributed by atoms with E-state index in [-0.39, 0.29) is 11.8 Å². The summed E-state index contributed by atoms with van der Waals surface area (Å²) < 4.78 is 5.51. The number of aromatic hydroxyl groups is 1. The van der Waals surface area contributed by atoms with Crippen molar-refractivity contribution in [1.82, 2.24) is 20.2 Å². The highest BCUT2D eigenvalue weighted by Gasteiger charge is 2.22. The first kappa shape index (κ1) is 20.0. The van der Waals surface area contributed by atoms with E-state index in [2.05, 4.69) is 26.3 Å². The number of H-pyrrole nitrogens is 1. The van der Waals surface area contributed by atoms with E-state index in [0.717, 1.165) is 22.3 Å². The first-order valence-electron chi connectivity index (χ1n) is 10.7. The number of hydrogen-bond acceptors (Lipinski definition) is 5. The van der Waals surface area contributed by atoms with Crippen LogP contribution in [0.5, 0.6) is 5.75 Å². The Morgan fingerprint density at radius 1 is 1.16 bits per heavy atom. The lowest BCUT2D eigenvalue weighted by Gasteiger charge is -2.36. The molecule has 0 unspecified atom stereocenters. The number of nitrogens with one attached hydrogen (secondary N) is 2. The number of carbonyl (C=O) groups excluding carboxylic acids is 1. The fourth-order valence-corrected chi connectivity index (χ4v) is 4.09. The van der Waals surface area contributed by atoms with Crippen LogP contribution < -0.4 is 10.2 Å². The molecule has 0 saturated carbocycles. The van der Waals surface area contributed by atoms with Gasteiger partial charge in [-0.3, -0.25) is 0 Å². The van der Waals surface area contributed by atoms with E-state index in [1.807, 2.05) is 41.3 Å². The Balaban J connectivity index is 1.16. The Hall–Kier alpha value is -3.94. The molecule has 0 bridgehead atoms. The van der Waals surface area contributed by atoms with Crippen LogP contribution in [0.1, 0.15) is 11.6 Å². The number of piperazine rings is 1. The van der Waals surface area contributed by atoms with Crippen LogP contribution in [0.4, 0.5) is 10.5 Å². The summed E-state index contributed by atoms with van der Waals surface area (Å²) in [7, 11) is 0. The zero-order chi connectivity index (χ0) is 22.1. The molecule has 2 amide bonds. The summed E-state index contributed by atoms with van der Waals surface area (Å²) in [6, 6.07) is 15.6. The van der Waals surface area contributed by atoms with E-state index in [1.165, 1.54) is 0 Å². The number of carbonyl (C=O) groups is 1. The normalized spacial score (nSPS) is 14.2. The summed E-state index contributed by atoms with van der Waals surface area (Å²) in [5.74, 6) is 1.25. The minimum absolute atomic E-state index is 0.0674. The minimum Gasteiger partial charge on any atom is -0.507 e. The van der Waals surface area contributed by atoms with E-state index in [9.17, 15) is 9.90 Å². The maximum Gasteiger partial charge on any atom is 0.317 e. The predicted octanol–water partition coefficient (Wildman–Crippen LogP) is 3.87. The van der Waals surface area contributed by atoms with Crippen LogP contribution in [0.15, 0.2) is 59.1 Å². The Labute approximate surface area is 185 Å². The number of anilines is 1. The number of aromatic amines is 1. The number of benzene rings is 2. The molecule has 0 spiro atoms. The van der Waals surface area contributed by atoms with Gasteiger partial charge in [-0.25, -0.2) is 9.78 Å². The average Bonchev–Trinajstić information content (AvgIpc) is 3.43. The molecule has 1 aliphatic rings. The molecule has 2 aromatic heterocycles. The van der Waals surface area contributed by atoms with Gasteiger partial charge in [0, 0.05) is 56.1 Å². The molecule has 2 aromatic carbocycles. The zero-order valence-electron chi connectivity index (χ0n) is 17.8. The lowest BCUT2D eigenvalue weighted by molar-refractivity contribution is 0.194. The third-order valence-electron chi connectivity index (χ3n) is 5.82. The highest BCUT2D eigenvalue weighted by atomic mass is 16.4. The fourth-order valence-electron chi connectivity index (χ4n) is 4.09. The molecule has 3 N–H and O–H groups in total. The molecular formula is C24H25N5O3. The quantitative estimate of drug-likeness (QED) is 0.456. The minimum atomic E-state index is -0.0674. The highest BCUT2D eigenvalue weighted by Crippen LogP contribution is 2.33. The van der Waals surface area contributed by atoms with E-state index in [0.29, 0.717) is 49.9 Å². The van der Waals surface area contributed by atoms with Gasteiger partial charge < -0.3 is 29.6 Å². The molecule has 8 nitrogen and oxygen atoms in total. The van der Waals surface area contributed by atoms with Crippen molar-refractivity contribution in [1.29, 1.82) is 0 Å². The van der Waals surface area contributed by atoms with Crippen LogP contribution in [0.2, 0.25) is 0 Å². The molecule has 0 aliphatic carbocycles. The van der Waals surface area contributed by atoms with Crippen LogP contribution >= 0.6 is 0 Å². The number of nitrogens with zero attached hydrogens (tertiary/aromatic N) is 3.